The lowest BCUT2D eigenvalue weighted by Gasteiger charge is -2.29. The summed E-state index contributed by atoms with van der Waals surface area (Å²) < 4.78 is 32.5. The van der Waals surface area contributed by atoms with Crippen LogP contribution in [0.15, 0.2) is 40.3 Å². The zero-order chi connectivity index (χ0) is 21.5. The highest BCUT2D eigenvalue weighted by Gasteiger charge is 2.28. The third kappa shape index (κ3) is 4.08. The number of aromatic nitrogens is 6. The number of aryl methyl sites for hydroxylation is 3. The molecule has 0 spiro atoms. The lowest BCUT2D eigenvalue weighted by Crippen LogP contribution is -2.39. The molecule has 0 unspecified atom stereocenters. The molecule has 3 aromatic heterocycles. The van der Waals surface area contributed by atoms with Crippen LogP contribution in [0.4, 0.5) is 0 Å². The van der Waals surface area contributed by atoms with Gasteiger partial charge in [0.1, 0.15) is 4.90 Å². The number of nitrogens with zero attached hydrogens (tertiary/aromatic N) is 6. The predicted octanol–water partition coefficient (Wildman–Crippen LogP) is 1.24. The summed E-state index contributed by atoms with van der Waals surface area (Å²) in [6.07, 6.45) is 5.39. The van der Waals surface area contributed by atoms with Gasteiger partial charge in [-0.05, 0) is 51.7 Å². The first kappa shape index (κ1) is 20.5. The minimum atomic E-state index is -3.60. The highest BCUT2D eigenvalue weighted by Crippen LogP contribution is 2.28. The molecule has 1 saturated carbocycles. The molecule has 3 heterocycles. The Morgan fingerprint density at radius 1 is 1.10 bits per heavy atom. The lowest BCUT2D eigenvalue weighted by molar-refractivity contribution is 0.284. The quantitative estimate of drug-likeness (QED) is 0.650. The summed E-state index contributed by atoms with van der Waals surface area (Å²) in [6, 6.07) is 4.88. The summed E-state index contributed by atoms with van der Waals surface area (Å²) in [5, 5.41) is 12.9. The van der Waals surface area contributed by atoms with Gasteiger partial charge in [-0.2, -0.15) is 10.2 Å². The van der Waals surface area contributed by atoms with Crippen molar-refractivity contribution in [3.8, 4) is 5.82 Å². The van der Waals surface area contributed by atoms with Crippen LogP contribution in [0.25, 0.3) is 5.82 Å². The molecule has 4 rings (SSSR count). The third-order valence-electron chi connectivity index (χ3n) is 5.39. The number of hydrogen-bond donors (Lipinski definition) is 1. The van der Waals surface area contributed by atoms with E-state index >= 15 is 0 Å². The Balaban J connectivity index is 1.47. The van der Waals surface area contributed by atoms with Crippen molar-refractivity contribution in [1.82, 2.24) is 34.1 Å². The maximum absolute atomic E-state index is 12.5. The van der Waals surface area contributed by atoms with Gasteiger partial charge in [-0.1, -0.05) is 0 Å². The molecular weight excluding hydrogens is 406 g/mol. The molecule has 11 heteroatoms. The maximum Gasteiger partial charge on any atom is 0.267 e. The summed E-state index contributed by atoms with van der Waals surface area (Å²) >= 11 is 0. The summed E-state index contributed by atoms with van der Waals surface area (Å²) in [5.41, 5.74) is 1.66. The van der Waals surface area contributed by atoms with E-state index < -0.39 is 10.0 Å². The van der Waals surface area contributed by atoms with E-state index in [0.717, 1.165) is 11.4 Å². The SMILES string of the molecule is Cc1cc(C)n(-c2ccc(=O)n(C3CCC(NS(=O)(=O)c4cnn(C)c4)CC3)n2)n1. The van der Waals surface area contributed by atoms with Crippen LogP contribution < -0.4 is 10.3 Å². The zero-order valence-electron chi connectivity index (χ0n) is 17.2. The van der Waals surface area contributed by atoms with Crippen LogP contribution in [0.3, 0.4) is 0 Å². The Bertz CT molecular complexity index is 1220. The largest absolute Gasteiger partial charge is 0.274 e. The van der Waals surface area contributed by atoms with Crippen LogP contribution in [0.2, 0.25) is 0 Å². The number of rotatable bonds is 5. The molecule has 0 amide bonds. The average Bonchev–Trinajstić information content (AvgIpc) is 3.28. The maximum atomic E-state index is 12.5. The monoisotopic (exact) mass is 431 g/mol. The smallest absolute Gasteiger partial charge is 0.267 e. The fourth-order valence-corrected chi connectivity index (χ4v) is 5.20. The summed E-state index contributed by atoms with van der Waals surface area (Å²) in [7, 11) is -1.93. The molecule has 0 atom stereocenters. The highest BCUT2D eigenvalue weighted by molar-refractivity contribution is 7.89. The van der Waals surface area contributed by atoms with Crippen molar-refractivity contribution in [2.45, 2.75) is 56.5 Å². The van der Waals surface area contributed by atoms with E-state index in [0.29, 0.717) is 31.5 Å². The van der Waals surface area contributed by atoms with Gasteiger partial charge < -0.3 is 0 Å². The molecule has 10 nitrogen and oxygen atoms in total. The average molecular weight is 432 g/mol. The van der Waals surface area contributed by atoms with E-state index in [9.17, 15) is 13.2 Å². The Hall–Kier alpha value is -2.79. The van der Waals surface area contributed by atoms with Crippen molar-refractivity contribution in [2.24, 2.45) is 7.05 Å². The van der Waals surface area contributed by atoms with E-state index in [1.807, 2.05) is 19.9 Å². The summed E-state index contributed by atoms with van der Waals surface area (Å²) in [6.45, 7) is 3.85. The second kappa shape index (κ2) is 7.80. The Labute approximate surface area is 174 Å². The predicted molar refractivity (Wildman–Crippen MR) is 110 cm³/mol. The van der Waals surface area contributed by atoms with Crippen molar-refractivity contribution >= 4 is 10.0 Å². The number of nitrogens with one attached hydrogen (secondary N) is 1. The van der Waals surface area contributed by atoms with E-state index in [1.54, 1.807) is 17.8 Å². The molecule has 0 aromatic carbocycles. The zero-order valence-corrected chi connectivity index (χ0v) is 18.0. The Morgan fingerprint density at radius 2 is 1.83 bits per heavy atom. The molecule has 1 fully saturated rings. The van der Waals surface area contributed by atoms with Crippen LogP contribution in [0.1, 0.15) is 43.1 Å². The van der Waals surface area contributed by atoms with Crippen LogP contribution in [0, 0.1) is 13.8 Å². The van der Waals surface area contributed by atoms with Crippen LogP contribution in [-0.2, 0) is 17.1 Å². The van der Waals surface area contributed by atoms with Gasteiger partial charge in [0.05, 0.1) is 17.9 Å². The topological polar surface area (TPSA) is 117 Å². The van der Waals surface area contributed by atoms with Crippen LogP contribution >= 0.6 is 0 Å². The lowest BCUT2D eigenvalue weighted by atomic mass is 9.92. The van der Waals surface area contributed by atoms with E-state index in [-0.39, 0.29) is 22.5 Å². The molecule has 0 aliphatic heterocycles. The molecule has 1 N–H and O–H groups in total. The molecule has 3 aromatic rings. The first-order valence-electron chi connectivity index (χ1n) is 9.87. The molecular formula is C19H25N7O3S. The Kier molecular flexibility index (Phi) is 5.33. The number of hydrogen-bond acceptors (Lipinski definition) is 6. The van der Waals surface area contributed by atoms with Crippen LogP contribution in [-0.4, -0.2) is 43.8 Å². The van der Waals surface area contributed by atoms with Crippen molar-refractivity contribution in [3.63, 3.8) is 0 Å². The first-order chi connectivity index (χ1) is 14.2. The third-order valence-corrected chi connectivity index (χ3v) is 6.87. The second-order valence-electron chi connectivity index (χ2n) is 7.79. The normalized spacial score (nSPS) is 19.8. The molecule has 1 aliphatic carbocycles. The van der Waals surface area contributed by atoms with Crippen molar-refractivity contribution in [2.75, 3.05) is 0 Å². The summed E-state index contributed by atoms with van der Waals surface area (Å²) in [5.74, 6) is 0.597. The molecule has 0 bridgehead atoms. The molecule has 160 valence electrons. The van der Waals surface area contributed by atoms with Gasteiger partial charge in [0, 0.05) is 31.0 Å². The highest BCUT2D eigenvalue weighted by atomic mass is 32.2. The molecule has 0 radical (unpaired) electrons. The van der Waals surface area contributed by atoms with Gasteiger partial charge in [0.2, 0.25) is 10.0 Å². The van der Waals surface area contributed by atoms with E-state index in [2.05, 4.69) is 20.0 Å². The van der Waals surface area contributed by atoms with Crippen molar-refractivity contribution < 1.29 is 8.42 Å². The van der Waals surface area contributed by atoms with Gasteiger partial charge >= 0.3 is 0 Å². The van der Waals surface area contributed by atoms with Gasteiger partial charge in [-0.3, -0.25) is 9.48 Å². The fourth-order valence-electron chi connectivity index (χ4n) is 3.91. The minimum Gasteiger partial charge on any atom is -0.274 e. The van der Waals surface area contributed by atoms with Gasteiger partial charge in [-0.25, -0.2) is 22.5 Å². The van der Waals surface area contributed by atoms with Gasteiger partial charge in [0.25, 0.3) is 5.56 Å². The van der Waals surface area contributed by atoms with Gasteiger partial charge in [0.15, 0.2) is 5.82 Å². The van der Waals surface area contributed by atoms with Crippen LogP contribution in [0.5, 0.6) is 0 Å². The molecule has 0 saturated heterocycles. The number of sulfonamides is 1. The first-order valence-corrected chi connectivity index (χ1v) is 11.4. The second-order valence-corrected chi connectivity index (χ2v) is 9.50. The van der Waals surface area contributed by atoms with Gasteiger partial charge in [-0.15, -0.1) is 5.10 Å². The molecule has 1 aliphatic rings. The van der Waals surface area contributed by atoms with E-state index in [1.165, 1.54) is 27.8 Å². The minimum absolute atomic E-state index is 0.0754. The fraction of sp³-hybridized carbons (Fsp3) is 0.474. The Morgan fingerprint density at radius 3 is 2.43 bits per heavy atom. The van der Waals surface area contributed by atoms with Crippen molar-refractivity contribution in [1.29, 1.82) is 0 Å². The van der Waals surface area contributed by atoms with Crippen molar-refractivity contribution in [3.05, 3.63) is 52.3 Å². The standard InChI is InChI=1S/C19H25N7O3S/c1-13-10-14(2)25(21-13)18-8-9-19(27)26(22-18)16-6-4-15(5-7-16)23-30(28,29)17-11-20-24(3)12-17/h8-12,15-16,23H,4-7H2,1-3H3. The van der Waals surface area contributed by atoms with E-state index in [4.69, 9.17) is 0 Å². The summed E-state index contributed by atoms with van der Waals surface area (Å²) in [4.78, 5) is 12.6. The molecule has 30 heavy (non-hydrogen) atoms.